The maximum Gasteiger partial charge on any atom is 0.166 e. The number of hydrogen-bond donors (Lipinski definition) is 2. The van der Waals surface area contributed by atoms with E-state index in [0.29, 0.717) is 16.2 Å². The van der Waals surface area contributed by atoms with Crippen LogP contribution in [-0.4, -0.2) is 54.7 Å². The van der Waals surface area contributed by atoms with Gasteiger partial charge in [-0.1, -0.05) is 194 Å². The molecule has 1 aliphatic heterocycles. The largest absolute Gasteiger partial charge is 0.387 e. The minimum absolute atomic E-state index is 0.0239. The summed E-state index contributed by atoms with van der Waals surface area (Å²) in [4.78, 5) is 14.3. The predicted molar refractivity (Wildman–Crippen MR) is 221 cm³/mol. The summed E-state index contributed by atoms with van der Waals surface area (Å²) in [6, 6.07) is 61.3. The second-order valence-corrected chi connectivity index (χ2v) is 15.2. The van der Waals surface area contributed by atoms with Gasteiger partial charge in [0.2, 0.25) is 0 Å². The monoisotopic (exact) mass is 768 g/mol. The molecule has 8 nitrogen and oxygen atoms in total. The Hall–Kier alpha value is -5.94. The second kappa shape index (κ2) is 15.9. The molecule has 0 bridgehead atoms. The van der Waals surface area contributed by atoms with Crippen LogP contribution < -0.4 is 0 Å². The Kier molecular flexibility index (Phi) is 10.2. The predicted octanol–water partition coefficient (Wildman–Crippen LogP) is 8.54. The summed E-state index contributed by atoms with van der Waals surface area (Å²) in [7, 11) is 0. The third kappa shape index (κ3) is 6.63. The van der Waals surface area contributed by atoms with Crippen LogP contribution in [0.2, 0.25) is 0 Å². The van der Waals surface area contributed by atoms with Crippen molar-refractivity contribution in [3.8, 4) is 0 Å². The molecule has 2 N–H and O–H groups in total. The molecule has 1 fully saturated rings. The fourth-order valence-electron chi connectivity index (χ4n) is 8.00. The van der Waals surface area contributed by atoms with Crippen LogP contribution in [0.4, 0.5) is 0 Å². The molecule has 0 aliphatic carbocycles. The fourth-order valence-corrected chi connectivity index (χ4v) is 9.40. The molecular formula is C48H40N4O4S. The molecule has 8 aromatic rings. The zero-order chi connectivity index (χ0) is 38.7. The summed E-state index contributed by atoms with van der Waals surface area (Å²) in [5.41, 5.74) is 6.01. The molecule has 282 valence electrons. The number of aliphatic hydroxyl groups excluding tert-OH is 2. The highest BCUT2D eigenvalue weighted by Gasteiger charge is 2.47. The molecule has 0 radical (unpaired) electrons. The van der Waals surface area contributed by atoms with Crippen LogP contribution in [0.15, 0.2) is 200 Å². The molecule has 0 amide bonds. The molecule has 9 rings (SSSR count). The zero-order valence-corrected chi connectivity index (χ0v) is 31.7. The lowest BCUT2D eigenvalue weighted by Crippen LogP contribution is -2.39. The molecule has 1 aliphatic rings. The van der Waals surface area contributed by atoms with Gasteiger partial charge in [-0.3, -0.25) is 4.57 Å². The standard InChI is InChI=1S/C48H40N4O4S/c53-42-40(31-55-47(34-19-7-1-8-20-34,35-21-9-2-10-22-35)36-23-11-3-12-24-36)56-46(43(42)54)52-33-51-41-44(52)49-32-50-45(41)57-48(37-25-13-4-14-26-37,38-27-15-5-16-28-38)39-29-17-6-18-30-39/h1-30,32-33,40,42-43,46,53-54H,31H2. The van der Waals surface area contributed by atoms with Crippen LogP contribution in [0.3, 0.4) is 0 Å². The van der Waals surface area contributed by atoms with E-state index in [4.69, 9.17) is 19.4 Å². The quantitative estimate of drug-likeness (QED) is 0.0725. The molecule has 1 saturated heterocycles. The third-order valence-electron chi connectivity index (χ3n) is 10.7. The first-order valence-electron chi connectivity index (χ1n) is 18.9. The van der Waals surface area contributed by atoms with Gasteiger partial charge in [0.25, 0.3) is 0 Å². The number of hydrogen-bond acceptors (Lipinski definition) is 8. The van der Waals surface area contributed by atoms with Crippen LogP contribution in [0.25, 0.3) is 11.2 Å². The highest BCUT2D eigenvalue weighted by molar-refractivity contribution is 8.00. The number of aliphatic hydroxyl groups is 2. The number of thioether (sulfide) groups is 1. The van der Waals surface area contributed by atoms with E-state index in [1.54, 1.807) is 22.7 Å². The molecule has 6 aromatic carbocycles. The van der Waals surface area contributed by atoms with E-state index >= 15 is 0 Å². The molecule has 4 unspecified atom stereocenters. The van der Waals surface area contributed by atoms with Crippen molar-refractivity contribution < 1.29 is 19.7 Å². The van der Waals surface area contributed by atoms with Gasteiger partial charge in [0.05, 0.1) is 17.7 Å². The van der Waals surface area contributed by atoms with E-state index in [1.165, 1.54) is 6.33 Å². The summed E-state index contributed by atoms with van der Waals surface area (Å²) in [6.45, 7) is -0.0239. The van der Waals surface area contributed by atoms with E-state index in [1.807, 2.05) is 109 Å². The van der Waals surface area contributed by atoms with Crippen molar-refractivity contribution in [3.63, 3.8) is 0 Å². The van der Waals surface area contributed by atoms with Gasteiger partial charge in [0, 0.05) is 0 Å². The summed E-state index contributed by atoms with van der Waals surface area (Å²) < 4.78 is 14.5. The van der Waals surface area contributed by atoms with Crippen molar-refractivity contribution in [2.24, 2.45) is 0 Å². The summed E-state index contributed by atoms with van der Waals surface area (Å²) in [6.07, 6.45) is -1.31. The number of aromatic nitrogens is 4. The van der Waals surface area contributed by atoms with Gasteiger partial charge in [-0.05, 0) is 33.4 Å². The normalized spacial score (nSPS) is 18.5. The van der Waals surface area contributed by atoms with E-state index in [9.17, 15) is 10.2 Å². The van der Waals surface area contributed by atoms with E-state index in [0.717, 1.165) is 33.4 Å². The minimum atomic E-state index is -1.29. The van der Waals surface area contributed by atoms with E-state index < -0.39 is 34.9 Å². The Morgan fingerprint density at radius 3 is 1.40 bits per heavy atom. The Balaban J connectivity index is 1.07. The highest BCUT2D eigenvalue weighted by atomic mass is 32.2. The molecule has 3 heterocycles. The average Bonchev–Trinajstić information content (AvgIpc) is 3.85. The van der Waals surface area contributed by atoms with Crippen molar-refractivity contribution >= 4 is 22.9 Å². The maximum absolute atomic E-state index is 11.6. The molecule has 9 heteroatoms. The third-order valence-corrected chi connectivity index (χ3v) is 12.2. The maximum atomic E-state index is 11.6. The van der Waals surface area contributed by atoms with Crippen LogP contribution in [0, 0.1) is 0 Å². The van der Waals surface area contributed by atoms with Gasteiger partial charge in [-0.2, -0.15) is 0 Å². The van der Waals surface area contributed by atoms with Crippen LogP contribution in [-0.2, 0) is 19.8 Å². The van der Waals surface area contributed by atoms with Crippen molar-refractivity contribution in [1.29, 1.82) is 0 Å². The fraction of sp³-hybridized carbons (Fsp3) is 0.146. The molecule has 4 atom stereocenters. The van der Waals surface area contributed by atoms with Crippen LogP contribution >= 0.6 is 11.8 Å². The molecule has 57 heavy (non-hydrogen) atoms. The van der Waals surface area contributed by atoms with Gasteiger partial charge in [-0.15, -0.1) is 0 Å². The van der Waals surface area contributed by atoms with Crippen LogP contribution in [0.5, 0.6) is 0 Å². The first-order chi connectivity index (χ1) is 28.1. The summed E-state index contributed by atoms with van der Waals surface area (Å²) in [5.74, 6) is 0. The lowest BCUT2D eigenvalue weighted by Gasteiger charge is -2.37. The Morgan fingerprint density at radius 1 is 0.544 bits per heavy atom. The van der Waals surface area contributed by atoms with Crippen molar-refractivity contribution in [1.82, 2.24) is 19.5 Å². The molecule has 2 aromatic heterocycles. The smallest absolute Gasteiger partial charge is 0.166 e. The van der Waals surface area contributed by atoms with Crippen molar-refractivity contribution in [2.75, 3.05) is 6.61 Å². The number of ether oxygens (including phenoxy) is 2. The Labute approximate surface area is 335 Å². The van der Waals surface area contributed by atoms with E-state index in [-0.39, 0.29) is 6.61 Å². The van der Waals surface area contributed by atoms with Gasteiger partial charge in [-0.25, -0.2) is 15.0 Å². The number of nitrogens with zero attached hydrogens (tertiary/aromatic N) is 4. The van der Waals surface area contributed by atoms with Gasteiger partial charge in [0.1, 0.15) is 40.8 Å². The van der Waals surface area contributed by atoms with Crippen LogP contribution in [0.1, 0.15) is 39.6 Å². The SMILES string of the molecule is OC1C(COC(c2ccccc2)(c2ccccc2)c2ccccc2)OC(n2cnc3c(SC(c4ccccc4)(c4ccccc4)c4ccccc4)ncnc32)C1O. The van der Waals surface area contributed by atoms with E-state index in [2.05, 4.69) is 77.8 Å². The Morgan fingerprint density at radius 2 is 0.965 bits per heavy atom. The van der Waals surface area contributed by atoms with Gasteiger partial charge in [0.15, 0.2) is 11.9 Å². The molecular weight excluding hydrogens is 729 g/mol. The lowest BCUT2D eigenvalue weighted by atomic mass is 9.80. The average molecular weight is 769 g/mol. The topological polar surface area (TPSA) is 103 Å². The zero-order valence-electron chi connectivity index (χ0n) is 30.9. The minimum Gasteiger partial charge on any atom is -0.387 e. The molecule has 0 spiro atoms. The summed E-state index contributed by atoms with van der Waals surface area (Å²) >= 11 is 1.59. The number of benzene rings is 6. The van der Waals surface area contributed by atoms with Gasteiger partial charge >= 0.3 is 0 Å². The number of fused-ring (bicyclic) bond motifs is 1. The Bertz CT molecular complexity index is 2340. The number of imidazole rings is 1. The van der Waals surface area contributed by atoms with Crippen molar-refractivity contribution in [2.45, 2.75) is 39.9 Å². The molecule has 0 saturated carbocycles. The first kappa shape index (κ1) is 36.7. The highest BCUT2D eigenvalue weighted by Crippen LogP contribution is 2.52. The van der Waals surface area contributed by atoms with Crippen molar-refractivity contribution in [3.05, 3.63) is 228 Å². The second-order valence-electron chi connectivity index (χ2n) is 14.0. The van der Waals surface area contributed by atoms with Gasteiger partial charge < -0.3 is 19.7 Å². The number of rotatable bonds is 12. The lowest BCUT2D eigenvalue weighted by molar-refractivity contribution is -0.0942. The summed E-state index contributed by atoms with van der Waals surface area (Å²) in [5, 5.41) is 23.8. The first-order valence-corrected chi connectivity index (χ1v) is 19.8.